The van der Waals surface area contributed by atoms with Gasteiger partial charge >= 0.3 is 11.8 Å². The zero-order valence-corrected chi connectivity index (χ0v) is 12.1. The number of primary amides is 1. The highest BCUT2D eigenvalue weighted by Crippen LogP contribution is 2.36. The molecule has 2 aromatic rings. The maximum Gasteiger partial charge on any atom is 0.329 e. The molecule has 1 aliphatic carbocycles. The molecule has 2 amide bonds. The Kier molecular flexibility index (Phi) is 3.47. The predicted molar refractivity (Wildman–Crippen MR) is 84.2 cm³/mol. The summed E-state index contributed by atoms with van der Waals surface area (Å²) in [6.07, 6.45) is 0.889. The first kappa shape index (κ1) is 14.0. The van der Waals surface area contributed by atoms with Crippen LogP contribution >= 0.6 is 0 Å². The molecule has 3 rings (SSSR count). The first-order chi connectivity index (χ1) is 10.6. The highest BCUT2D eigenvalue weighted by molar-refractivity contribution is 6.34. The van der Waals surface area contributed by atoms with Gasteiger partial charge in [0.15, 0.2) is 0 Å². The molecule has 0 heterocycles. The van der Waals surface area contributed by atoms with Crippen LogP contribution in [0.15, 0.2) is 47.6 Å². The van der Waals surface area contributed by atoms with Crippen LogP contribution in [0.25, 0.3) is 11.1 Å². The molecular formula is C17H15N3O2. The summed E-state index contributed by atoms with van der Waals surface area (Å²) in [6, 6.07) is 14.4. The van der Waals surface area contributed by atoms with Gasteiger partial charge in [0.05, 0.1) is 5.71 Å². The maximum atomic E-state index is 11.1. The third kappa shape index (κ3) is 2.48. The minimum atomic E-state index is -1.05. The molecule has 0 spiro atoms. The van der Waals surface area contributed by atoms with E-state index in [1.54, 1.807) is 6.92 Å². The van der Waals surface area contributed by atoms with E-state index in [9.17, 15) is 9.59 Å². The van der Waals surface area contributed by atoms with Crippen molar-refractivity contribution in [1.82, 2.24) is 5.43 Å². The van der Waals surface area contributed by atoms with Crippen molar-refractivity contribution in [1.29, 1.82) is 0 Å². The topological polar surface area (TPSA) is 84.6 Å². The van der Waals surface area contributed by atoms with E-state index in [0.717, 1.165) is 12.0 Å². The Morgan fingerprint density at radius 2 is 1.82 bits per heavy atom. The number of hydrogen-bond acceptors (Lipinski definition) is 3. The summed E-state index contributed by atoms with van der Waals surface area (Å²) in [7, 11) is 0. The fourth-order valence-corrected chi connectivity index (χ4v) is 2.62. The van der Waals surface area contributed by atoms with Gasteiger partial charge in [0.2, 0.25) is 0 Å². The van der Waals surface area contributed by atoms with Gasteiger partial charge in [-0.05, 0) is 47.2 Å². The molecule has 3 N–H and O–H groups in total. The molecule has 1 aliphatic rings. The largest absolute Gasteiger partial charge is 0.361 e. The maximum absolute atomic E-state index is 11.1. The van der Waals surface area contributed by atoms with Crippen LogP contribution in [0.1, 0.15) is 23.6 Å². The van der Waals surface area contributed by atoms with Crippen molar-refractivity contribution in [2.75, 3.05) is 0 Å². The highest BCUT2D eigenvalue weighted by Gasteiger charge is 2.18. The summed E-state index contributed by atoms with van der Waals surface area (Å²) < 4.78 is 0. The number of carbonyl (C=O) groups is 2. The van der Waals surface area contributed by atoms with Crippen LogP contribution in [0.2, 0.25) is 0 Å². The summed E-state index contributed by atoms with van der Waals surface area (Å²) in [5.74, 6) is -1.98. The molecule has 110 valence electrons. The first-order valence-electron chi connectivity index (χ1n) is 6.92. The number of nitrogens with two attached hydrogens (primary N) is 1. The number of carbonyl (C=O) groups excluding carboxylic acids is 2. The number of fused-ring (bicyclic) bond motifs is 3. The predicted octanol–water partition coefficient (Wildman–Crippen LogP) is 1.58. The molecular weight excluding hydrogens is 278 g/mol. The summed E-state index contributed by atoms with van der Waals surface area (Å²) in [5, 5.41) is 3.91. The average molecular weight is 293 g/mol. The van der Waals surface area contributed by atoms with E-state index in [-0.39, 0.29) is 0 Å². The van der Waals surface area contributed by atoms with E-state index in [1.165, 1.54) is 22.3 Å². The number of rotatable bonds is 2. The van der Waals surface area contributed by atoms with E-state index in [1.807, 2.05) is 18.2 Å². The lowest BCUT2D eigenvalue weighted by molar-refractivity contribution is -0.137. The van der Waals surface area contributed by atoms with E-state index >= 15 is 0 Å². The van der Waals surface area contributed by atoms with Gasteiger partial charge in [-0.2, -0.15) is 5.10 Å². The number of amides is 2. The van der Waals surface area contributed by atoms with Crippen molar-refractivity contribution in [3.63, 3.8) is 0 Å². The third-order valence-electron chi connectivity index (χ3n) is 3.76. The van der Waals surface area contributed by atoms with Crippen LogP contribution in [0.4, 0.5) is 0 Å². The standard InChI is InChI=1S/C17H15N3O2/c1-10(19-20-17(22)16(18)21)11-6-7-15-13(8-11)9-12-4-2-3-5-14(12)15/h2-8H,9H2,1H3,(H2,18,21)(H,20,22)/b19-10-. The van der Waals surface area contributed by atoms with E-state index < -0.39 is 11.8 Å². The Hall–Kier alpha value is -2.95. The molecule has 0 aliphatic heterocycles. The van der Waals surface area contributed by atoms with Crippen molar-refractivity contribution < 1.29 is 9.59 Å². The van der Waals surface area contributed by atoms with Gasteiger partial charge in [-0.15, -0.1) is 0 Å². The molecule has 2 aromatic carbocycles. The first-order valence-corrected chi connectivity index (χ1v) is 6.92. The molecule has 0 fully saturated rings. The lowest BCUT2D eigenvalue weighted by Gasteiger charge is -2.05. The number of benzene rings is 2. The SMILES string of the molecule is C/C(=N/NC(=O)C(N)=O)c1ccc2c(c1)Cc1ccccc1-2. The molecule has 5 nitrogen and oxygen atoms in total. The molecule has 0 saturated heterocycles. The fourth-order valence-electron chi connectivity index (χ4n) is 2.62. The Labute approximate surface area is 127 Å². The monoisotopic (exact) mass is 293 g/mol. The molecule has 5 heteroatoms. The molecule has 0 aromatic heterocycles. The van der Waals surface area contributed by atoms with Crippen LogP contribution < -0.4 is 11.2 Å². The normalized spacial score (nSPS) is 12.5. The van der Waals surface area contributed by atoms with Gasteiger partial charge in [-0.3, -0.25) is 9.59 Å². The third-order valence-corrected chi connectivity index (χ3v) is 3.76. The Morgan fingerprint density at radius 1 is 1.09 bits per heavy atom. The van der Waals surface area contributed by atoms with Crippen molar-refractivity contribution >= 4 is 17.5 Å². The number of hydrogen-bond donors (Lipinski definition) is 2. The second-order valence-corrected chi connectivity index (χ2v) is 5.21. The van der Waals surface area contributed by atoms with Crippen LogP contribution in [-0.2, 0) is 16.0 Å². The Balaban J connectivity index is 1.86. The van der Waals surface area contributed by atoms with Crippen molar-refractivity contribution in [3.05, 3.63) is 59.2 Å². The lowest BCUT2D eigenvalue weighted by Crippen LogP contribution is -2.33. The van der Waals surface area contributed by atoms with Crippen LogP contribution in [0, 0.1) is 0 Å². The van der Waals surface area contributed by atoms with Gasteiger partial charge in [-0.25, -0.2) is 5.43 Å². The van der Waals surface area contributed by atoms with Crippen LogP contribution in [0.3, 0.4) is 0 Å². The van der Waals surface area contributed by atoms with Gasteiger partial charge in [-0.1, -0.05) is 36.4 Å². The van der Waals surface area contributed by atoms with Gasteiger partial charge in [0.25, 0.3) is 0 Å². The number of nitrogens with one attached hydrogen (secondary N) is 1. The summed E-state index contributed by atoms with van der Waals surface area (Å²) >= 11 is 0. The van der Waals surface area contributed by atoms with E-state index in [4.69, 9.17) is 5.73 Å². The smallest absolute Gasteiger partial charge is 0.329 e. The molecule has 0 radical (unpaired) electrons. The fraction of sp³-hybridized carbons (Fsp3) is 0.118. The van der Waals surface area contributed by atoms with E-state index in [0.29, 0.717) is 5.71 Å². The summed E-state index contributed by atoms with van der Waals surface area (Å²) in [4.78, 5) is 21.8. The van der Waals surface area contributed by atoms with Crippen molar-refractivity contribution in [2.45, 2.75) is 13.3 Å². The summed E-state index contributed by atoms with van der Waals surface area (Å²) in [5.41, 5.74) is 13.6. The Morgan fingerprint density at radius 3 is 2.59 bits per heavy atom. The van der Waals surface area contributed by atoms with Gasteiger partial charge < -0.3 is 5.73 Å². The minimum absolute atomic E-state index is 0.619. The zero-order valence-electron chi connectivity index (χ0n) is 12.1. The van der Waals surface area contributed by atoms with Gasteiger partial charge in [0.1, 0.15) is 0 Å². The van der Waals surface area contributed by atoms with E-state index in [2.05, 4.69) is 34.8 Å². The molecule has 0 bridgehead atoms. The number of hydrazone groups is 1. The second-order valence-electron chi connectivity index (χ2n) is 5.21. The second kappa shape index (κ2) is 5.44. The lowest BCUT2D eigenvalue weighted by atomic mass is 10.0. The number of nitrogens with zero attached hydrogens (tertiary/aromatic N) is 1. The Bertz CT molecular complexity index is 809. The zero-order chi connectivity index (χ0) is 15.7. The van der Waals surface area contributed by atoms with Crippen LogP contribution in [0.5, 0.6) is 0 Å². The average Bonchev–Trinajstić information content (AvgIpc) is 2.89. The summed E-state index contributed by atoms with van der Waals surface area (Å²) in [6.45, 7) is 1.77. The van der Waals surface area contributed by atoms with Crippen molar-refractivity contribution in [2.24, 2.45) is 10.8 Å². The molecule has 0 unspecified atom stereocenters. The molecule has 0 saturated carbocycles. The molecule has 0 atom stereocenters. The van der Waals surface area contributed by atoms with Gasteiger partial charge in [0, 0.05) is 0 Å². The van der Waals surface area contributed by atoms with Crippen molar-refractivity contribution in [3.8, 4) is 11.1 Å². The quantitative estimate of drug-likeness (QED) is 0.427. The minimum Gasteiger partial charge on any atom is -0.361 e. The highest BCUT2D eigenvalue weighted by atomic mass is 16.2. The van der Waals surface area contributed by atoms with Crippen LogP contribution in [-0.4, -0.2) is 17.5 Å². The molecule has 22 heavy (non-hydrogen) atoms.